The lowest BCUT2D eigenvalue weighted by molar-refractivity contribution is -0.117. The number of nitrogens with zero attached hydrogens (tertiary/aromatic N) is 1. The first kappa shape index (κ1) is 26.6. The summed E-state index contributed by atoms with van der Waals surface area (Å²) < 4.78 is 11.6. The Bertz CT molecular complexity index is 1590. The van der Waals surface area contributed by atoms with Crippen LogP contribution in [-0.4, -0.2) is 22.9 Å². The molecule has 1 unspecified atom stereocenters. The quantitative estimate of drug-likeness (QED) is 0.249. The zero-order valence-electron chi connectivity index (χ0n) is 22.5. The molecular weight excluding hydrogens is 514 g/mol. The van der Waals surface area contributed by atoms with Gasteiger partial charge in [0.1, 0.15) is 11.3 Å². The van der Waals surface area contributed by atoms with Crippen LogP contribution in [0.25, 0.3) is 11.0 Å². The third kappa shape index (κ3) is 5.04. The zero-order valence-corrected chi connectivity index (χ0v) is 23.2. The fraction of sp³-hybridized carbons (Fsp3) is 0.250. The number of benzene rings is 3. The molecule has 2 heterocycles. The molecule has 6 nitrogen and oxygen atoms in total. The Balaban J connectivity index is 1.61. The number of carbonyl (C=O) groups is 2. The van der Waals surface area contributed by atoms with E-state index in [0.29, 0.717) is 33.0 Å². The SMILES string of the molecule is CC(C)Oc1ccc(N2C(=O)C(O)=C(C(=O)c3cc4cc(Cl)ccc4o3)C2c2ccc(C(C)(C)C)cc2)cc1. The average Bonchev–Trinajstić information content (AvgIpc) is 3.42. The summed E-state index contributed by atoms with van der Waals surface area (Å²) >= 11 is 6.11. The van der Waals surface area contributed by atoms with Crippen molar-refractivity contribution >= 4 is 39.9 Å². The van der Waals surface area contributed by atoms with E-state index in [-0.39, 0.29) is 22.9 Å². The van der Waals surface area contributed by atoms with Gasteiger partial charge in [0.25, 0.3) is 5.91 Å². The van der Waals surface area contributed by atoms with Crippen molar-refractivity contribution in [1.29, 1.82) is 0 Å². The van der Waals surface area contributed by atoms with Gasteiger partial charge in [0, 0.05) is 16.1 Å². The Hall–Kier alpha value is -4.03. The number of ketones is 1. The van der Waals surface area contributed by atoms with Gasteiger partial charge in [-0.25, -0.2) is 0 Å². The molecule has 1 aromatic heterocycles. The van der Waals surface area contributed by atoms with E-state index in [4.69, 9.17) is 20.8 Å². The number of aliphatic hydroxyl groups is 1. The van der Waals surface area contributed by atoms with Crippen LogP contribution in [0.5, 0.6) is 5.75 Å². The fourth-order valence-electron chi connectivity index (χ4n) is 4.80. The second-order valence-corrected chi connectivity index (χ2v) is 11.4. The van der Waals surface area contributed by atoms with Gasteiger partial charge in [-0.1, -0.05) is 56.6 Å². The fourth-order valence-corrected chi connectivity index (χ4v) is 4.98. The number of carbonyl (C=O) groups excluding carboxylic acids is 2. The lowest BCUT2D eigenvalue weighted by Crippen LogP contribution is -2.31. The topological polar surface area (TPSA) is 80.0 Å². The molecule has 1 amide bonds. The maximum atomic E-state index is 13.9. The number of amides is 1. The molecule has 0 saturated carbocycles. The molecule has 0 saturated heterocycles. The molecule has 7 heteroatoms. The summed E-state index contributed by atoms with van der Waals surface area (Å²) in [6.45, 7) is 10.2. The van der Waals surface area contributed by atoms with Gasteiger partial charge in [-0.05, 0) is 78.9 Å². The molecule has 0 spiro atoms. The summed E-state index contributed by atoms with van der Waals surface area (Å²) in [7, 11) is 0. The van der Waals surface area contributed by atoms with Gasteiger partial charge in [0.05, 0.1) is 17.7 Å². The monoisotopic (exact) mass is 543 g/mol. The van der Waals surface area contributed by atoms with E-state index in [2.05, 4.69) is 20.8 Å². The number of ether oxygens (including phenoxy) is 1. The van der Waals surface area contributed by atoms with Gasteiger partial charge in [-0.3, -0.25) is 14.5 Å². The second-order valence-electron chi connectivity index (χ2n) is 11.0. The van der Waals surface area contributed by atoms with Crippen molar-refractivity contribution < 1.29 is 23.8 Å². The summed E-state index contributed by atoms with van der Waals surface area (Å²) in [5, 5.41) is 12.3. The summed E-state index contributed by atoms with van der Waals surface area (Å²) in [4.78, 5) is 28.8. The summed E-state index contributed by atoms with van der Waals surface area (Å²) in [6, 6.07) is 20.5. The summed E-state index contributed by atoms with van der Waals surface area (Å²) in [6.07, 6.45) is -0.00743. The highest BCUT2D eigenvalue weighted by atomic mass is 35.5. The minimum atomic E-state index is -0.868. The van der Waals surface area contributed by atoms with Crippen LogP contribution in [0.1, 0.15) is 62.3 Å². The van der Waals surface area contributed by atoms with Crippen molar-refractivity contribution in [3.63, 3.8) is 0 Å². The van der Waals surface area contributed by atoms with Crippen LogP contribution in [0.2, 0.25) is 5.02 Å². The normalized spacial score (nSPS) is 16.0. The van der Waals surface area contributed by atoms with E-state index < -0.39 is 23.5 Å². The number of Topliss-reactive ketones (excluding diaryl/α,β-unsaturated/α-hetero) is 1. The molecule has 0 fully saturated rings. The highest BCUT2D eigenvalue weighted by Gasteiger charge is 2.45. The van der Waals surface area contributed by atoms with Crippen LogP contribution in [0.4, 0.5) is 5.69 Å². The number of furan rings is 1. The van der Waals surface area contributed by atoms with E-state index in [9.17, 15) is 14.7 Å². The molecule has 39 heavy (non-hydrogen) atoms. The predicted molar refractivity (Wildman–Crippen MR) is 153 cm³/mol. The molecule has 0 radical (unpaired) electrons. The third-order valence-corrected chi connectivity index (χ3v) is 6.97. The van der Waals surface area contributed by atoms with Crippen LogP contribution in [-0.2, 0) is 10.2 Å². The van der Waals surface area contributed by atoms with Gasteiger partial charge < -0.3 is 14.3 Å². The first-order chi connectivity index (χ1) is 18.4. The van der Waals surface area contributed by atoms with Crippen molar-refractivity contribution in [1.82, 2.24) is 0 Å². The van der Waals surface area contributed by atoms with Crippen LogP contribution < -0.4 is 9.64 Å². The molecular formula is C32H30ClNO5. The van der Waals surface area contributed by atoms with Crippen molar-refractivity contribution in [2.75, 3.05) is 4.90 Å². The maximum absolute atomic E-state index is 13.9. The lowest BCUT2D eigenvalue weighted by atomic mass is 9.85. The third-order valence-electron chi connectivity index (χ3n) is 6.73. The largest absolute Gasteiger partial charge is 0.503 e. The van der Waals surface area contributed by atoms with Gasteiger partial charge in [0.2, 0.25) is 5.78 Å². The van der Waals surface area contributed by atoms with Crippen LogP contribution in [0, 0.1) is 0 Å². The number of aliphatic hydroxyl groups excluding tert-OH is 1. The molecule has 1 N–H and O–H groups in total. The number of anilines is 1. The molecule has 1 aliphatic rings. The number of rotatable bonds is 6. The van der Waals surface area contributed by atoms with Gasteiger partial charge >= 0.3 is 0 Å². The Labute approximate surface area is 232 Å². The number of halogens is 1. The zero-order chi connectivity index (χ0) is 28.1. The van der Waals surface area contributed by atoms with Crippen LogP contribution in [0.15, 0.2) is 88.5 Å². The molecule has 0 aliphatic carbocycles. The van der Waals surface area contributed by atoms with Crippen molar-refractivity contribution in [3.05, 3.63) is 106 Å². The molecule has 0 bridgehead atoms. The summed E-state index contributed by atoms with van der Waals surface area (Å²) in [5.41, 5.74) is 2.67. The predicted octanol–water partition coefficient (Wildman–Crippen LogP) is 7.95. The Morgan fingerprint density at radius 1 is 1.00 bits per heavy atom. The Kier molecular flexibility index (Phi) is 6.77. The molecule has 4 aromatic rings. The first-order valence-corrected chi connectivity index (χ1v) is 13.2. The van der Waals surface area contributed by atoms with Crippen molar-refractivity contribution in [2.24, 2.45) is 0 Å². The number of fused-ring (bicyclic) bond motifs is 1. The van der Waals surface area contributed by atoms with Crippen molar-refractivity contribution in [2.45, 2.75) is 52.2 Å². The highest BCUT2D eigenvalue weighted by molar-refractivity contribution is 6.31. The van der Waals surface area contributed by atoms with Crippen LogP contribution in [0.3, 0.4) is 0 Å². The molecule has 5 rings (SSSR count). The minimum Gasteiger partial charge on any atom is -0.503 e. The van der Waals surface area contributed by atoms with E-state index in [1.165, 1.54) is 4.90 Å². The van der Waals surface area contributed by atoms with Gasteiger partial charge in [-0.15, -0.1) is 0 Å². The molecule has 200 valence electrons. The highest BCUT2D eigenvalue weighted by Crippen LogP contribution is 2.43. The summed E-state index contributed by atoms with van der Waals surface area (Å²) in [5.74, 6) is -1.17. The van der Waals surface area contributed by atoms with E-state index >= 15 is 0 Å². The number of hydrogen-bond acceptors (Lipinski definition) is 5. The van der Waals surface area contributed by atoms with Crippen LogP contribution >= 0.6 is 11.6 Å². The maximum Gasteiger partial charge on any atom is 0.294 e. The molecule has 3 aromatic carbocycles. The Morgan fingerprint density at radius 2 is 1.67 bits per heavy atom. The Morgan fingerprint density at radius 3 is 2.28 bits per heavy atom. The van der Waals surface area contributed by atoms with Crippen molar-refractivity contribution in [3.8, 4) is 5.75 Å². The lowest BCUT2D eigenvalue weighted by Gasteiger charge is -2.28. The molecule has 1 aliphatic heterocycles. The second kappa shape index (κ2) is 9.93. The average molecular weight is 544 g/mol. The van der Waals surface area contributed by atoms with E-state index in [1.807, 2.05) is 38.1 Å². The first-order valence-electron chi connectivity index (χ1n) is 12.8. The smallest absolute Gasteiger partial charge is 0.294 e. The van der Waals surface area contributed by atoms with E-state index in [1.54, 1.807) is 48.5 Å². The van der Waals surface area contributed by atoms with E-state index in [0.717, 1.165) is 5.56 Å². The standard InChI is InChI=1S/C32H30ClNO5/c1-18(2)38-24-13-11-23(12-14-24)34-28(19-6-8-21(9-7-19)32(3,4)5)27(30(36)31(34)37)29(35)26-17-20-16-22(33)10-15-25(20)39-26/h6-18,28,36H,1-5H3. The van der Waals surface area contributed by atoms with Gasteiger partial charge in [-0.2, -0.15) is 0 Å². The molecule has 1 atom stereocenters. The minimum absolute atomic E-state index is 0.00743. The number of hydrogen-bond donors (Lipinski definition) is 1. The van der Waals surface area contributed by atoms with Gasteiger partial charge in [0.15, 0.2) is 11.5 Å².